The van der Waals surface area contributed by atoms with Gasteiger partial charge in [-0.1, -0.05) is 23.4 Å². The molecule has 1 atom stereocenters. The van der Waals surface area contributed by atoms with Crippen molar-refractivity contribution in [3.05, 3.63) is 82.6 Å². The van der Waals surface area contributed by atoms with Crippen LogP contribution in [0.2, 0.25) is 5.02 Å². The molecule has 0 bridgehead atoms. The molecule has 0 spiro atoms. The van der Waals surface area contributed by atoms with Crippen LogP contribution < -0.4 is 15.4 Å². The van der Waals surface area contributed by atoms with E-state index in [0.717, 1.165) is 16.7 Å². The first-order chi connectivity index (χ1) is 18.6. The third kappa shape index (κ3) is 6.25. The predicted octanol–water partition coefficient (Wildman–Crippen LogP) is 6.07. The molecule has 1 heterocycles. The van der Waals surface area contributed by atoms with Crippen LogP contribution in [0, 0.1) is 29.1 Å². The predicted molar refractivity (Wildman–Crippen MR) is 138 cm³/mol. The summed E-state index contributed by atoms with van der Waals surface area (Å²) in [5.41, 5.74) is -0.540. The number of amidine groups is 1. The summed E-state index contributed by atoms with van der Waals surface area (Å²) in [6.45, 7) is -0.705. The molecule has 0 aliphatic carbocycles. The molecule has 2 N–H and O–H groups in total. The average molecular weight is 585 g/mol. The number of thioether (sulfide) groups is 1. The minimum Gasteiger partial charge on any atom is -0.497 e. The number of hydrogen-bond acceptors (Lipinski definition) is 6. The van der Waals surface area contributed by atoms with Gasteiger partial charge in [-0.05, 0) is 48.5 Å². The maximum atomic E-state index is 14.2. The Labute approximate surface area is 228 Å². The number of ether oxygens (including phenoxy) is 1. The van der Waals surface area contributed by atoms with E-state index in [2.05, 4.69) is 15.6 Å². The number of nitrogens with zero attached hydrogens (tertiary/aromatic N) is 2. The van der Waals surface area contributed by atoms with E-state index in [1.54, 1.807) is 24.3 Å². The van der Waals surface area contributed by atoms with Gasteiger partial charge in [-0.15, -0.1) is 0 Å². The number of amides is 2. The molecule has 204 valence electrons. The summed E-state index contributed by atoms with van der Waals surface area (Å²) in [6.07, 6.45) is -0.342. The van der Waals surface area contributed by atoms with Gasteiger partial charge < -0.3 is 15.4 Å². The summed E-state index contributed by atoms with van der Waals surface area (Å²) in [4.78, 5) is 31.3. The van der Waals surface area contributed by atoms with Crippen LogP contribution in [0.1, 0.15) is 6.42 Å². The summed E-state index contributed by atoms with van der Waals surface area (Å²) < 4.78 is 74.1. The third-order valence-electron chi connectivity index (χ3n) is 5.46. The molecule has 0 aromatic heterocycles. The van der Waals surface area contributed by atoms with Crippen LogP contribution >= 0.6 is 23.4 Å². The fraction of sp³-hybridized carbons (Fsp3) is 0.160. The lowest BCUT2D eigenvalue weighted by atomic mass is 10.2. The Morgan fingerprint density at radius 1 is 1.00 bits per heavy atom. The molecule has 0 radical (unpaired) electrons. The van der Waals surface area contributed by atoms with Gasteiger partial charge in [-0.3, -0.25) is 14.5 Å². The van der Waals surface area contributed by atoms with E-state index in [1.807, 2.05) is 0 Å². The zero-order valence-electron chi connectivity index (χ0n) is 19.9. The molecule has 3 aromatic rings. The lowest BCUT2D eigenvalue weighted by Gasteiger charge is -2.32. The molecule has 3 aromatic carbocycles. The van der Waals surface area contributed by atoms with Gasteiger partial charge >= 0.3 is 0 Å². The van der Waals surface area contributed by atoms with Crippen molar-refractivity contribution in [1.29, 1.82) is 0 Å². The summed E-state index contributed by atoms with van der Waals surface area (Å²) in [7, 11) is 1.49. The number of methoxy groups -OCH3 is 1. The van der Waals surface area contributed by atoms with Crippen molar-refractivity contribution in [2.24, 2.45) is 4.99 Å². The van der Waals surface area contributed by atoms with Crippen molar-refractivity contribution in [2.45, 2.75) is 11.7 Å². The van der Waals surface area contributed by atoms with Crippen LogP contribution in [0.5, 0.6) is 5.75 Å². The number of anilines is 2. The van der Waals surface area contributed by atoms with Gasteiger partial charge in [-0.25, -0.2) is 26.9 Å². The molecule has 1 aliphatic rings. The molecule has 1 aliphatic heterocycles. The summed E-state index contributed by atoms with van der Waals surface area (Å²) in [6, 6.07) is 12.6. The minimum atomic E-state index is -2.31. The van der Waals surface area contributed by atoms with Crippen molar-refractivity contribution in [3.63, 3.8) is 0 Å². The second-order valence-electron chi connectivity index (χ2n) is 8.00. The first-order valence-electron chi connectivity index (χ1n) is 11.1. The van der Waals surface area contributed by atoms with E-state index in [0.29, 0.717) is 22.1 Å². The lowest BCUT2D eigenvalue weighted by Crippen LogP contribution is -2.47. The molecular weight excluding hydrogens is 567 g/mol. The fourth-order valence-corrected chi connectivity index (χ4v) is 4.66. The normalized spacial score (nSPS) is 16.4. The number of halogens is 6. The highest BCUT2D eigenvalue weighted by atomic mass is 35.5. The van der Waals surface area contributed by atoms with Crippen LogP contribution in [-0.2, 0) is 9.59 Å². The Morgan fingerprint density at radius 3 is 2.18 bits per heavy atom. The fourth-order valence-electron chi connectivity index (χ4n) is 3.44. The number of benzene rings is 3. The van der Waals surface area contributed by atoms with Gasteiger partial charge in [0.2, 0.25) is 17.6 Å². The first-order valence-corrected chi connectivity index (χ1v) is 12.4. The van der Waals surface area contributed by atoms with Crippen molar-refractivity contribution >= 4 is 57.4 Å². The van der Waals surface area contributed by atoms with E-state index in [4.69, 9.17) is 16.3 Å². The SMILES string of the molecule is COc1ccc(NC(=O)C2CC(=O)N(CNc3c(F)c(F)c(F)c(F)c3F)C(=Nc3ccc(Cl)cc3)S2)cc1. The number of hydrogen-bond donors (Lipinski definition) is 2. The Balaban J connectivity index is 1.59. The molecule has 4 rings (SSSR count). The Morgan fingerprint density at radius 2 is 1.59 bits per heavy atom. The van der Waals surface area contributed by atoms with Crippen LogP contribution in [0.15, 0.2) is 53.5 Å². The maximum absolute atomic E-state index is 14.2. The van der Waals surface area contributed by atoms with Gasteiger partial charge in [0.15, 0.2) is 28.4 Å². The summed E-state index contributed by atoms with van der Waals surface area (Å²) in [5.74, 6) is -11.4. The maximum Gasteiger partial charge on any atom is 0.238 e. The number of carbonyl (C=O) groups excluding carboxylic acids is 2. The van der Waals surface area contributed by atoms with E-state index < -0.39 is 58.5 Å². The topological polar surface area (TPSA) is 83.0 Å². The van der Waals surface area contributed by atoms with Crippen LogP contribution in [0.3, 0.4) is 0 Å². The molecule has 7 nitrogen and oxygen atoms in total. The van der Waals surface area contributed by atoms with Gasteiger partial charge in [0.05, 0.1) is 19.5 Å². The zero-order valence-corrected chi connectivity index (χ0v) is 21.5. The number of carbonyl (C=O) groups is 2. The highest BCUT2D eigenvalue weighted by Crippen LogP contribution is 2.32. The first kappa shape index (κ1) is 28.2. The van der Waals surface area contributed by atoms with E-state index in [-0.39, 0.29) is 11.6 Å². The Kier molecular flexibility index (Phi) is 8.60. The van der Waals surface area contributed by atoms with Crippen molar-refractivity contribution in [1.82, 2.24) is 4.90 Å². The molecule has 39 heavy (non-hydrogen) atoms. The minimum absolute atomic E-state index is 0.0557. The molecule has 14 heteroatoms. The second-order valence-corrected chi connectivity index (χ2v) is 9.61. The van der Waals surface area contributed by atoms with Crippen LogP contribution in [-0.4, -0.2) is 40.9 Å². The van der Waals surface area contributed by atoms with E-state index in [1.165, 1.54) is 31.4 Å². The molecule has 1 unspecified atom stereocenters. The lowest BCUT2D eigenvalue weighted by molar-refractivity contribution is -0.129. The summed E-state index contributed by atoms with van der Waals surface area (Å²) >= 11 is 6.78. The van der Waals surface area contributed by atoms with E-state index in [9.17, 15) is 31.5 Å². The van der Waals surface area contributed by atoms with E-state index >= 15 is 0 Å². The molecule has 1 fully saturated rings. The van der Waals surface area contributed by atoms with Gasteiger partial charge in [0, 0.05) is 17.1 Å². The molecular formula is C25H18ClF5N4O3S. The smallest absolute Gasteiger partial charge is 0.238 e. The van der Waals surface area contributed by atoms with Crippen molar-refractivity contribution in [2.75, 3.05) is 24.4 Å². The molecule has 0 saturated carbocycles. The quantitative estimate of drug-likeness (QED) is 0.200. The Hall–Kier alpha value is -3.84. The molecule has 1 saturated heterocycles. The highest BCUT2D eigenvalue weighted by Gasteiger charge is 2.36. The highest BCUT2D eigenvalue weighted by molar-refractivity contribution is 8.15. The second kappa shape index (κ2) is 11.9. The van der Waals surface area contributed by atoms with Crippen molar-refractivity contribution < 1.29 is 36.3 Å². The van der Waals surface area contributed by atoms with Crippen molar-refractivity contribution in [3.8, 4) is 5.75 Å². The number of nitrogens with one attached hydrogen (secondary N) is 2. The standard InChI is InChI=1S/C25H18ClF5N4O3S/c1-38-15-8-6-13(7-9-15)33-24(37)16-10-17(36)35(25(39-16)34-14-4-2-12(26)3-5-14)11-32-23-21(30)19(28)18(27)20(29)22(23)31/h2-9,16,32H,10-11H2,1H3,(H,33,37). The third-order valence-corrected chi connectivity index (χ3v) is 6.90. The Bertz CT molecular complexity index is 1410. The molecule has 2 amide bonds. The van der Waals surface area contributed by atoms with Gasteiger partial charge in [-0.2, -0.15) is 0 Å². The van der Waals surface area contributed by atoms with Crippen LogP contribution in [0.4, 0.5) is 39.0 Å². The monoisotopic (exact) mass is 584 g/mol. The largest absolute Gasteiger partial charge is 0.497 e. The van der Waals surface area contributed by atoms with Gasteiger partial charge in [0.1, 0.15) is 16.7 Å². The zero-order chi connectivity index (χ0) is 28.3. The van der Waals surface area contributed by atoms with Crippen LogP contribution in [0.25, 0.3) is 0 Å². The number of rotatable bonds is 7. The average Bonchev–Trinajstić information content (AvgIpc) is 2.93. The number of aliphatic imine (C=N–C) groups is 1. The summed E-state index contributed by atoms with van der Waals surface area (Å²) in [5, 5.41) is 4.19. The van der Waals surface area contributed by atoms with Gasteiger partial charge in [0.25, 0.3) is 0 Å².